The molecule has 1 fully saturated rings. The average molecular weight is 516 g/mol. The molecule has 8 nitrogen and oxygen atoms in total. The second kappa shape index (κ2) is 10.0. The molecule has 3 N–H and O–H groups in total. The quantitative estimate of drug-likeness (QED) is 0.397. The third-order valence-corrected chi connectivity index (χ3v) is 7.10. The Morgan fingerprint density at radius 3 is 1.66 bits per heavy atom. The lowest BCUT2D eigenvalue weighted by Gasteiger charge is -2.50. The first-order valence-corrected chi connectivity index (χ1v) is 12.4. The highest BCUT2D eigenvalue weighted by Crippen LogP contribution is 2.37. The minimum Gasteiger partial charge on any atom is -0.478 e. The van der Waals surface area contributed by atoms with E-state index in [0.717, 1.165) is 16.2 Å². The molecule has 1 saturated heterocycles. The fraction of sp³-hybridized carbons (Fsp3) is 0.300. The van der Waals surface area contributed by atoms with Crippen LogP contribution in [-0.4, -0.2) is 50.2 Å². The first kappa shape index (κ1) is 27.0. The third-order valence-electron chi connectivity index (χ3n) is 7.10. The van der Waals surface area contributed by atoms with E-state index in [0.29, 0.717) is 29.5 Å². The van der Waals surface area contributed by atoms with Crippen LogP contribution in [0.25, 0.3) is 22.3 Å². The van der Waals surface area contributed by atoms with Gasteiger partial charge >= 0.3 is 11.9 Å². The molecule has 197 valence electrons. The van der Waals surface area contributed by atoms with Crippen LogP contribution in [0.3, 0.4) is 0 Å². The van der Waals surface area contributed by atoms with E-state index in [1.165, 1.54) is 24.3 Å². The predicted octanol–water partition coefficient (Wildman–Crippen LogP) is 5.51. The standard InChI is InChI=1S/C30H31N2O6/c1-29(2)16-23(17-30(3,4)32(29)38)31-26(33)25-15-22(18-5-9-20(10-6-18)27(34)35)13-14-24(25)19-7-11-21(12-8-19)28(36)37/h5-15,23H,16-17H2,1-4H3,(H,31,33)(H,34,35)(H,36,37). The molecule has 3 aromatic rings. The number of carboxylic acids is 2. The fourth-order valence-corrected chi connectivity index (χ4v) is 5.39. The average Bonchev–Trinajstić information content (AvgIpc) is 2.86. The molecule has 0 unspecified atom stereocenters. The number of carbonyl (C=O) groups is 3. The van der Waals surface area contributed by atoms with Crippen molar-refractivity contribution in [2.75, 3.05) is 0 Å². The lowest BCUT2D eigenvalue weighted by atomic mass is 9.79. The highest BCUT2D eigenvalue weighted by molar-refractivity contribution is 6.02. The normalized spacial score (nSPS) is 17.1. The van der Waals surface area contributed by atoms with Crippen LogP contribution in [0, 0.1) is 0 Å². The second-order valence-corrected chi connectivity index (χ2v) is 11.0. The minimum atomic E-state index is -1.04. The van der Waals surface area contributed by atoms with Crippen LogP contribution in [0.15, 0.2) is 66.7 Å². The Hall–Kier alpha value is -4.01. The van der Waals surface area contributed by atoms with Gasteiger partial charge in [-0.25, -0.2) is 9.59 Å². The summed E-state index contributed by atoms with van der Waals surface area (Å²) in [5, 5.41) is 35.5. The summed E-state index contributed by atoms with van der Waals surface area (Å²) in [6.45, 7) is 7.49. The molecule has 4 rings (SSSR count). The van der Waals surface area contributed by atoms with E-state index in [-0.39, 0.29) is 23.1 Å². The molecular formula is C30H31N2O6. The topological polar surface area (TPSA) is 127 Å². The minimum absolute atomic E-state index is 0.142. The number of carbonyl (C=O) groups excluding carboxylic acids is 1. The lowest BCUT2D eigenvalue weighted by Crippen LogP contribution is -2.62. The molecule has 0 saturated carbocycles. The van der Waals surface area contributed by atoms with E-state index >= 15 is 0 Å². The first-order valence-electron chi connectivity index (χ1n) is 12.4. The van der Waals surface area contributed by atoms with Crippen molar-refractivity contribution in [2.24, 2.45) is 0 Å². The molecule has 1 heterocycles. The van der Waals surface area contributed by atoms with Gasteiger partial charge in [0.25, 0.3) is 5.91 Å². The van der Waals surface area contributed by atoms with E-state index in [2.05, 4.69) is 5.32 Å². The van der Waals surface area contributed by atoms with Crippen LogP contribution in [-0.2, 0) is 5.21 Å². The lowest BCUT2D eigenvalue weighted by molar-refractivity contribution is -0.289. The van der Waals surface area contributed by atoms with Gasteiger partial charge in [0, 0.05) is 22.7 Å². The Labute approximate surface area is 221 Å². The molecule has 1 aliphatic heterocycles. The Bertz CT molecular complexity index is 1360. The molecule has 8 heteroatoms. The van der Waals surface area contributed by atoms with Crippen LogP contribution in [0.2, 0.25) is 0 Å². The molecule has 0 bridgehead atoms. The summed E-state index contributed by atoms with van der Waals surface area (Å²) >= 11 is 0. The van der Waals surface area contributed by atoms with Gasteiger partial charge in [-0.3, -0.25) is 4.79 Å². The van der Waals surface area contributed by atoms with Gasteiger partial charge in [0.2, 0.25) is 0 Å². The van der Waals surface area contributed by atoms with Gasteiger partial charge in [-0.2, -0.15) is 0 Å². The summed E-state index contributed by atoms with van der Waals surface area (Å²) < 4.78 is 0. The Balaban J connectivity index is 1.73. The van der Waals surface area contributed by atoms with Crippen molar-refractivity contribution < 1.29 is 29.8 Å². The molecule has 1 amide bonds. The smallest absolute Gasteiger partial charge is 0.335 e. The monoisotopic (exact) mass is 515 g/mol. The number of amides is 1. The molecule has 0 spiro atoms. The van der Waals surface area contributed by atoms with E-state index in [4.69, 9.17) is 0 Å². The number of hydrogen-bond donors (Lipinski definition) is 3. The van der Waals surface area contributed by atoms with E-state index in [1.54, 1.807) is 36.4 Å². The maximum Gasteiger partial charge on any atom is 0.335 e. The second-order valence-electron chi connectivity index (χ2n) is 11.0. The number of piperidine rings is 1. The SMILES string of the molecule is CC1(C)CC(NC(=O)c2cc(-c3ccc(C(=O)O)cc3)ccc2-c2ccc(C(=O)O)cc2)CC(C)(C)N1[O]. The Kier molecular flexibility index (Phi) is 7.14. The third kappa shape index (κ3) is 5.46. The molecule has 0 atom stereocenters. The van der Waals surface area contributed by atoms with Gasteiger partial charge in [-0.05, 0) is 93.1 Å². The van der Waals surface area contributed by atoms with Gasteiger partial charge in [-0.15, -0.1) is 10.3 Å². The molecule has 38 heavy (non-hydrogen) atoms. The van der Waals surface area contributed by atoms with Crippen LogP contribution in [0.4, 0.5) is 0 Å². The molecule has 1 aliphatic rings. The van der Waals surface area contributed by atoms with E-state index in [1.807, 2.05) is 33.8 Å². The summed E-state index contributed by atoms with van der Waals surface area (Å²) in [5.74, 6) is -2.36. The zero-order valence-corrected chi connectivity index (χ0v) is 21.8. The van der Waals surface area contributed by atoms with Crippen molar-refractivity contribution in [2.45, 2.75) is 57.7 Å². The predicted molar refractivity (Wildman–Crippen MR) is 142 cm³/mol. The highest BCUT2D eigenvalue weighted by Gasteiger charge is 2.46. The molecular weight excluding hydrogens is 484 g/mol. The van der Waals surface area contributed by atoms with Crippen molar-refractivity contribution in [3.8, 4) is 22.3 Å². The Morgan fingerprint density at radius 1 is 0.737 bits per heavy atom. The van der Waals surface area contributed by atoms with Crippen LogP contribution in [0.1, 0.15) is 71.6 Å². The molecule has 0 aromatic heterocycles. The van der Waals surface area contributed by atoms with E-state index < -0.39 is 23.0 Å². The fourth-order valence-electron chi connectivity index (χ4n) is 5.39. The zero-order valence-electron chi connectivity index (χ0n) is 21.8. The van der Waals surface area contributed by atoms with E-state index in [9.17, 15) is 29.8 Å². The maximum absolute atomic E-state index is 13.7. The number of hydroxylamine groups is 2. The summed E-state index contributed by atoms with van der Waals surface area (Å²) in [4.78, 5) is 36.3. The van der Waals surface area contributed by atoms with Crippen LogP contribution < -0.4 is 5.32 Å². The van der Waals surface area contributed by atoms with Crippen molar-refractivity contribution >= 4 is 17.8 Å². The zero-order chi connectivity index (χ0) is 27.8. The number of benzene rings is 3. The molecule has 0 aliphatic carbocycles. The maximum atomic E-state index is 13.7. The number of rotatable bonds is 6. The van der Waals surface area contributed by atoms with Crippen LogP contribution >= 0.6 is 0 Å². The number of hydrogen-bond acceptors (Lipinski definition) is 4. The molecule has 1 radical (unpaired) electrons. The van der Waals surface area contributed by atoms with Crippen molar-refractivity contribution in [3.63, 3.8) is 0 Å². The van der Waals surface area contributed by atoms with Crippen molar-refractivity contribution in [3.05, 3.63) is 83.4 Å². The first-order chi connectivity index (χ1) is 17.8. The summed E-state index contributed by atoms with van der Waals surface area (Å²) in [6.07, 6.45) is 0.981. The largest absolute Gasteiger partial charge is 0.478 e. The Morgan fingerprint density at radius 2 is 1.18 bits per heavy atom. The van der Waals surface area contributed by atoms with Crippen molar-refractivity contribution in [1.82, 2.24) is 10.4 Å². The number of nitrogens with one attached hydrogen (secondary N) is 1. The van der Waals surface area contributed by atoms with Crippen molar-refractivity contribution in [1.29, 1.82) is 0 Å². The number of aromatic carboxylic acids is 2. The van der Waals surface area contributed by atoms with Crippen LogP contribution in [0.5, 0.6) is 0 Å². The molecule has 3 aromatic carbocycles. The summed E-state index contributed by atoms with van der Waals surface area (Å²) in [5.41, 5.74) is 2.19. The van der Waals surface area contributed by atoms with Gasteiger partial charge in [-0.1, -0.05) is 36.4 Å². The van der Waals surface area contributed by atoms with Gasteiger partial charge < -0.3 is 15.5 Å². The van der Waals surface area contributed by atoms with Gasteiger partial charge in [0.05, 0.1) is 11.1 Å². The van der Waals surface area contributed by atoms with Gasteiger partial charge in [0.1, 0.15) is 0 Å². The van der Waals surface area contributed by atoms with Gasteiger partial charge in [0.15, 0.2) is 0 Å². The summed E-state index contributed by atoms with van der Waals surface area (Å²) in [6, 6.07) is 17.9. The highest BCUT2D eigenvalue weighted by atomic mass is 16.5. The number of carboxylic acid groups (broad SMARTS) is 2. The number of nitrogens with zero attached hydrogens (tertiary/aromatic N) is 1. The summed E-state index contributed by atoms with van der Waals surface area (Å²) in [7, 11) is 0.